The van der Waals surface area contributed by atoms with Crippen LogP contribution in [-0.4, -0.2) is 16.5 Å². The van der Waals surface area contributed by atoms with E-state index in [2.05, 4.69) is 22.2 Å². The first-order valence-corrected chi connectivity index (χ1v) is 6.57. The number of hydrogen-bond acceptors (Lipinski definition) is 4. The van der Waals surface area contributed by atoms with E-state index in [0.717, 1.165) is 24.3 Å². The molecule has 1 aromatic carbocycles. The van der Waals surface area contributed by atoms with Crippen LogP contribution in [0.5, 0.6) is 5.88 Å². The van der Waals surface area contributed by atoms with E-state index < -0.39 is 0 Å². The molecule has 0 aliphatic rings. The molecule has 0 radical (unpaired) electrons. The number of benzene rings is 1. The first-order valence-electron chi connectivity index (χ1n) is 6.57. The van der Waals surface area contributed by atoms with Crippen LogP contribution < -0.4 is 10.1 Å². The number of anilines is 1. The first-order chi connectivity index (χ1) is 9.29. The average molecular weight is 257 g/mol. The Morgan fingerprint density at radius 3 is 2.74 bits per heavy atom. The van der Waals surface area contributed by atoms with Crippen molar-refractivity contribution < 1.29 is 4.74 Å². The lowest BCUT2D eigenvalue weighted by atomic mass is 10.1. The van der Waals surface area contributed by atoms with Gasteiger partial charge < -0.3 is 10.1 Å². The maximum atomic E-state index is 5.81. The van der Waals surface area contributed by atoms with Gasteiger partial charge in [-0.1, -0.05) is 37.3 Å². The molecule has 1 atom stereocenters. The number of rotatable bonds is 6. The van der Waals surface area contributed by atoms with Crippen molar-refractivity contribution in [1.82, 2.24) is 9.97 Å². The van der Waals surface area contributed by atoms with E-state index in [4.69, 9.17) is 4.74 Å². The van der Waals surface area contributed by atoms with Crippen LogP contribution in [0, 0.1) is 0 Å². The van der Waals surface area contributed by atoms with Crippen molar-refractivity contribution in [3.05, 3.63) is 48.3 Å². The van der Waals surface area contributed by atoms with E-state index in [1.807, 2.05) is 37.3 Å². The predicted molar refractivity (Wildman–Crippen MR) is 76.3 cm³/mol. The van der Waals surface area contributed by atoms with Gasteiger partial charge in [-0.25, -0.2) is 0 Å². The largest absolute Gasteiger partial charge is 0.469 e. The zero-order chi connectivity index (χ0) is 13.5. The molecule has 0 aliphatic heterocycles. The molecule has 4 nitrogen and oxygen atoms in total. The third-order valence-electron chi connectivity index (χ3n) is 2.74. The molecule has 0 fully saturated rings. The fourth-order valence-electron chi connectivity index (χ4n) is 1.72. The fourth-order valence-corrected chi connectivity index (χ4v) is 1.72. The van der Waals surface area contributed by atoms with Gasteiger partial charge in [0.05, 0.1) is 12.4 Å². The van der Waals surface area contributed by atoms with Crippen molar-refractivity contribution in [2.45, 2.75) is 26.4 Å². The standard InChI is InChI=1S/C15H19N3O/c1-3-9-17-14-10-16-11-15(18-14)19-12(2)13-7-5-4-6-8-13/h4-8,10-12H,3,9H2,1-2H3,(H,17,18). The van der Waals surface area contributed by atoms with Gasteiger partial charge in [0.2, 0.25) is 5.88 Å². The minimum atomic E-state index is -0.0445. The minimum absolute atomic E-state index is 0.0445. The molecule has 0 saturated heterocycles. The summed E-state index contributed by atoms with van der Waals surface area (Å²) in [5, 5.41) is 3.19. The van der Waals surface area contributed by atoms with Gasteiger partial charge >= 0.3 is 0 Å². The number of nitrogens with zero attached hydrogens (tertiary/aromatic N) is 2. The smallest absolute Gasteiger partial charge is 0.234 e. The lowest BCUT2D eigenvalue weighted by Gasteiger charge is -2.14. The Morgan fingerprint density at radius 2 is 2.00 bits per heavy atom. The SMILES string of the molecule is CCCNc1cncc(OC(C)c2ccccc2)n1. The molecule has 100 valence electrons. The van der Waals surface area contributed by atoms with E-state index in [9.17, 15) is 0 Å². The molecule has 1 N–H and O–H groups in total. The second-order valence-corrected chi connectivity index (χ2v) is 4.34. The normalized spacial score (nSPS) is 11.9. The molecule has 0 amide bonds. The summed E-state index contributed by atoms with van der Waals surface area (Å²) in [6.07, 6.45) is 4.34. The fraction of sp³-hybridized carbons (Fsp3) is 0.333. The monoisotopic (exact) mass is 257 g/mol. The van der Waals surface area contributed by atoms with E-state index >= 15 is 0 Å². The molecular formula is C15H19N3O. The van der Waals surface area contributed by atoms with Gasteiger partial charge in [0.1, 0.15) is 11.9 Å². The van der Waals surface area contributed by atoms with Gasteiger partial charge in [-0.15, -0.1) is 0 Å². The first kappa shape index (κ1) is 13.3. The number of ether oxygens (including phenoxy) is 1. The summed E-state index contributed by atoms with van der Waals surface area (Å²) in [5.74, 6) is 1.29. The maximum absolute atomic E-state index is 5.81. The third-order valence-corrected chi connectivity index (χ3v) is 2.74. The Morgan fingerprint density at radius 1 is 1.21 bits per heavy atom. The number of nitrogens with one attached hydrogen (secondary N) is 1. The van der Waals surface area contributed by atoms with Gasteiger partial charge in [0, 0.05) is 6.54 Å². The van der Waals surface area contributed by atoms with Gasteiger partial charge in [-0.05, 0) is 18.9 Å². The molecule has 4 heteroatoms. The highest BCUT2D eigenvalue weighted by atomic mass is 16.5. The summed E-state index contributed by atoms with van der Waals surface area (Å²) in [6.45, 7) is 4.99. The summed E-state index contributed by atoms with van der Waals surface area (Å²) < 4.78 is 5.81. The van der Waals surface area contributed by atoms with E-state index in [1.54, 1.807) is 12.4 Å². The Balaban J connectivity index is 2.02. The Kier molecular flexibility index (Phi) is 4.72. The van der Waals surface area contributed by atoms with E-state index in [0.29, 0.717) is 5.88 Å². The number of aromatic nitrogens is 2. The van der Waals surface area contributed by atoms with Crippen LogP contribution in [0.4, 0.5) is 5.82 Å². The van der Waals surface area contributed by atoms with Crippen molar-refractivity contribution >= 4 is 5.82 Å². The van der Waals surface area contributed by atoms with Crippen molar-refractivity contribution in [3.8, 4) is 5.88 Å². The van der Waals surface area contributed by atoms with Gasteiger partial charge in [-0.2, -0.15) is 4.98 Å². The highest BCUT2D eigenvalue weighted by molar-refractivity contribution is 5.33. The minimum Gasteiger partial charge on any atom is -0.469 e. The molecule has 1 unspecified atom stereocenters. The van der Waals surface area contributed by atoms with Gasteiger partial charge in [0.15, 0.2) is 0 Å². The highest BCUT2D eigenvalue weighted by Gasteiger charge is 2.08. The summed E-state index contributed by atoms with van der Waals surface area (Å²) in [5.41, 5.74) is 1.12. The quantitative estimate of drug-likeness (QED) is 0.861. The van der Waals surface area contributed by atoms with Crippen LogP contribution in [-0.2, 0) is 0 Å². The topological polar surface area (TPSA) is 47.0 Å². The van der Waals surface area contributed by atoms with Crippen LogP contribution >= 0.6 is 0 Å². The van der Waals surface area contributed by atoms with Crippen molar-refractivity contribution in [2.75, 3.05) is 11.9 Å². The zero-order valence-corrected chi connectivity index (χ0v) is 11.3. The summed E-state index contributed by atoms with van der Waals surface area (Å²) in [6, 6.07) is 10.1. The molecule has 2 rings (SSSR count). The van der Waals surface area contributed by atoms with Crippen LogP contribution in [0.3, 0.4) is 0 Å². The van der Waals surface area contributed by atoms with Crippen LogP contribution in [0.1, 0.15) is 31.9 Å². The summed E-state index contributed by atoms with van der Waals surface area (Å²) >= 11 is 0. The Labute approximate surface area is 113 Å². The van der Waals surface area contributed by atoms with Crippen molar-refractivity contribution in [3.63, 3.8) is 0 Å². The maximum Gasteiger partial charge on any atom is 0.234 e. The lowest BCUT2D eigenvalue weighted by molar-refractivity contribution is 0.217. The third kappa shape index (κ3) is 3.95. The average Bonchev–Trinajstić information content (AvgIpc) is 2.46. The molecule has 0 spiro atoms. The predicted octanol–water partition coefficient (Wildman–Crippen LogP) is 3.44. The van der Waals surface area contributed by atoms with Crippen molar-refractivity contribution in [2.24, 2.45) is 0 Å². The Bertz CT molecular complexity index is 502. The zero-order valence-electron chi connectivity index (χ0n) is 11.3. The molecule has 0 saturated carbocycles. The molecule has 2 aromatic rings. The highest BCUT2D eigenvalue weighted by Crippen LogP contribution is 2.19. The molecule has 0 aliphatic carbocycles. The van der Waals surface area contributed by atoms with Gasteiger partial charge in [-0.3, -0.25) is 4.98 Å². The molecule has 1 heterocycles. The van der Waals surface area contributed by atoms with Gasteiger partial charge in [0.25, 0.3) is 0 Å². The van der Waals surface area contributed by atoms with E-state index in [1.165, 1.54) is 0 Å². The lowest BCUT2D eigenvalue weighted by Crippen LogP contribution is -2.07. The molecular weight excluding hydrogens is 238 g/mol. The molecule has 19 heavy (non-hydrogen) atoms. The molecule has 1 aromatic heterocycles. The summed E-state index contributed by atoms with van der Waals surface area (Å²) in [4.78, 5) is 8.51. The number of hydrogen-bond donors (Lipinski definition) is 1. The van der Waals surface area contributed by atoms with Crippen LogP contribution in [0.25, 0.3) is 0 Å². The van der Waals surface area contributed by atoms with Crippen molar-refractivity contribution in [1.29, 1.82) is 0 Å². The summed E-state index contributed by atoms with van der Waals surface area (Å²) in [7, 11) is 0. The molecule has 0 bridgehead atoms. The second kappa shape index (κ2) is 6.73. The second-order valence-electron chi connectivity index (χ2n) is 4.34. The van der Waals surface area contributed by atoms with Crippen LogP contribution in [0.15, 0.2) is 42.7 Å². The Hall–Kier alpha value is -2.10. The van der Waals surface area contributed by atoms with E-state index in [-0.39, 0.29) is 6.10 Å². The van der Waals surface area contributed by atoms with Crippen LogP contribution in [0.2, 0.25) is 0 Å².